The molecule has 0 bridgehead atoms. The third-order valence-corrected chi connectivity index (χ3v) is 5.29. The van der Waals surface area contributed by atoms with Crippen LogP contribution in [0.4, 0.5) is 11.4 Å². The van der Waals surface area contributed by atoms with Crippen LogP contribution in [0.15, 0.2) is 48.5 Å². The molecule has 1 heterocycles. The summed E-state index contributed by atoms with van der Waals surface area (Å²) in [5, 5.41) is 5.95. The van der Waals surface area contributed by atoms with Gasteiger partial charge < -0.3 is 25.0 Å². The first-order valence-electron chi connectivity index (χ1n) is 11.4. The molecular formula is C25H33N3O4. The Morgan fingerprint density at radius 1 is 0.938 bits per heavy atom. The van der Waals surface area contributed by atoms with Crippen molar-refractivity contribution in [2.24, 2.45) is 0 Å². The van der Waals surface area contributed by atoms with E-state index < -0.39 is 0 Å². The highest BCUT2D eigenvalue weighted by Gasteiger charge is 2.18. The Morgan fingerprint density at radius 2 is 1.62 bits per heavy atom. The van der Waals surface area contributed by atoms with Gasteiger partial charge in [0.2, 0.25) is 5.91 Å². The van der Waals surface area contributed by atoms with Crippen LogP contribution >= 0.6 is 0 Å². The topological polar surface area (TPSA) is 79.9 Å². The number of anilines is 2. The highest BCUT2D eigenvalue weighted by molar-refractivity contribution is 5.95. The number of carbonyl (C=O) groups excluding carboxylic acids is 2. The average molecular weight is 440 g/mol. The highest BCUT2D eigenvalue weighted by atomic mass is 16.5. The van der Waals surface area contributed by atoms with Crippen molar-refractivity contribution < 1.29 is 19.1 Å². The highest BCUT2D eigenvalue weighted by Crippen LogP contribution is 2.17. The first-order valence-corrected chi connectivity index (χ1v) is 11.4. The quantitative estimate of drug-likeness (QED) is 0.514. The summed E-state index contributed by atoms with van der Waals surface area (Å²) in [4.78, 5) is 26.5. The van der Waals surface area contributed by atoms with Gasteiger partial charge >= 0.3 is 0 Å². The van der Waals surface area contributed by atoms with E-state index in [2.05, 4.69) is 17.6 Å². The Kier molecular flexibility index (Phi) is 9.37. The molecule has 2 amide bonds. The minimum atomic E-state index is -0.147. The summed E-state index contributed by atoms with van der Waals surface area (Å²) in [5.41, 5.74) is 2.14. The number of hydrogen-bond donors (Lipinski definition) is 2. The summed E-state index contributed by atoms with van der Waals surface area (Å²) >= 11 is 0. The molecule has 3 rings (SSSR count). The molecule has 0 aliphatic carbocycles. The second-order valence-electron chi connectivity index (χ2n) is 7.82. The van der Waals surface area contributed by atoms with E-state index in [0.717, 1.165) is 23.5 Å². The summed E-state index contributed by atoms with van der Waals surface area (Å²) < 4.78 is 11.0. The number of benzene rings is 2. The Morgan fingerprint density at radius 3 is 2.31 bits per heavy atom. The number of morpholine rings is 1. The molecule has 7 nitrogen and oxygen atoms in total. The van der Waals surface area contributed by atoms with Gasteiger partial charge in [0.15, 0.2) is 0 Å². The molecule has 0 spiro atoms. The molecule has 2 aromatic rings. The lowest BCUT2D eigenvalue weighted by Gasteiger charge is -2.26. The second-order valence-corrected chi connectivity index (χ2v) is 7.82. The zero-order chi connectivity index (χ0) is 22.6. The van der Waals surface area contributed by atoms with Gasteiger partial charge in [0.05, 0.1) is 26.4 Å². The lowest BCUT2D eigenvalue weighted by Crippen LogP contribution is -2.40. The van der Waals surface area contributed by atoms with Gasteiger partial charge in [-0.15, -0.1) is 0 Å². The first kappa shape index (κ1) is 23.6. The van der Waals surface area contributed by atoms with Gasteiger partial charge in [-0.25, -0.2) is 0 Å². The summed E-state index contributed by atoms with van der Waals surface area (Å²) in [6, 6.07) is 14.6. The van der Waals surface area contributed by atoms with E-state index in [1.807, 2.05) is 36.4 Å². The summed E-state index contributed by atoms with van der Waals surface area (Å²) in [5.74, 6) is 0.669. The predicted molar refractivity (Wildman–Crippen MR) is 126 cm³/mol. The summed E-state index contributed by atoms with van der Waals surface area (Å²) in [6.45, 7) is 5.43. The Balaban J connectivity index is 1.39. The lowest BCUT2D eigenvalue weighted by atomic mass is 10.1. The molecule has 1 saturated heterocycles. The fourth-order valence-electron chi connectivity index (χ4n) is 3.42. The molecule has 0 radical (unpaired) electrons. The van der Waals surface area contributed by atoms with Crippen LogP contribution in [0.5, 0.6) is 5.75 Å². The van der Waals surface area contributed by atoms with Crippen molar-refractivity contribution in [3.05, 3.63) is 54.1 Å². The number of carbonyl (C=O) groups is 2. The van der Waals surface area contributed by atoms with Crippen molar-refractivity contribution in [2.75, 3.05) is 50.1 Å². The molecule has 1 fully saturated rings. The molecule has 7 heteroatoms. The Labute approximate surface area is 190 Å². The fraction of sp³-hybridized carbons (Fsp3) is 0.440. The molecule has 172 valence electrons. The number of nitrogens with one attached hydrogen (secondary N) is 2. The minimum Gasteiger partial charge on any atom is -0.494 e. The van der Waals surface area contributed by atoms with E-state index >= 15 is 0 Å². The monoisotopic (exact) mass is 439 g/mol. The smallest absolute Gasteiger partial charge is 0.254 e. The van der Waals surface area contributed by atoms with Gasteiger partial charge in [0.1, 0.15) is 5.75 Å². The van der Waals surface area contributed by atoms with Crippen LogP contribution in [0.25, 0.3) is 0 Å². The molecule has 0 unspecified atom stereocenters. The molecule has 0 aromatic heterocycles. The second kappa shape index (κ2) is 12.7. The fourth-order valence-corrected chi connectivity index (χ4v) is 3.42. The van der Waals surface area contributed by atoms with Gasteiger partial charge in [0.25, 0.3) is 5.91 Å². The maximum Gasteiger partial charge on any atom is 0.254 e. The van der Waals surface area contributed by atoms with Gasteiger partial charge in [-0.3, -0.25) is 9.59 Å². The third-order valence-electron chi connectivity index (χ3n) is 5.29. The number of unbranched alkanes of at least 4 members (excludes halogenated alkanes) is 3. The number of hydrogen-bond acceptors (Lipinski definition) is 5. The van der Waals surface area contributed by atoms with E-state index in [1.165, 1.54) is 19.3 Å². The van der Waals surface area contributed by atoms with Crippen LogP contribution in [-0.2, 0) is 9.53 Å². The Hall–Kier alpha value is -3.06. The molecule has 2 aromatic carbocycles. The molecule has 0 saturated carbocycles. The molecule has 1 aliphatic rings. The van der Waals surface area contributed by atoms with Gasteiger partial charge in [0, 0.05) is 30.0 Å². The van der Waals surface area contributed by atoms with Crippen molar-refractivity contribution >= 4 is 23.2 Å². The van der Waals surface area contributed by atoms with Crippen LogP contribution in [0.3, 0.4) is 0 Å². The van der Waals surface area contributed by atoms with E-state index in [1.54, 1.807) is 17.0 Å². The van der Waals surface area contributed by atoms with Crippen LogP contribution in [-0.4, -0.2) is 56.2 Å². The molecule has 0 atom stereocenters. The van der Waals surface area contributed by atoms with Gasteiger partial charge in [-0.2, -0.15) is 0 Å². The van der Waals surface area contributed by atoms with Crippen molar-refractivity contribution in [2.45, 2.75) is 32.6 Å². The number of ether oxygens (including phenoxy) is 2. The Bertz CT molecular complexity index is 846. The zero-order valence-electron chi connectivity index (χ0n) is 18.8. The molecule has 2 N–H and O–H groups in total. The summed E-state index contributed by atoms with van der Waals surface area (Å²) in [7, 11) is 0. The number of amides is 2. The van der Waals surface area contributed by atoms with Crippen LogP contribution in [0.1, 0.15) is 43.0 Å². The lowest BCUT2D eigenvalue weighted by molar-refractivity contribution is -0.114. The van der Waals surface area contributed by atoms with Crippen LogP contribution in [0, 0.1) is 0 Å². The third kappa shape index (κ3) is 7.57. The van der Waals surface area contributed by atoms with Crippen molar-refractivity contribution in [3.8, 4) is 5.75 Å². The van der Waals surface area contributed by atoms with Crippen molar-refractivity contribution in [1.29, 1.82) is 0 Å². The normalized spacial score (nSPS) is 13.5. The summed E-state index contributed by atoms with van der Waals surface area (Å²) in [6.07, 6.45) is 4.69. The molecule has 1 aliphatic heterocycles. The van der Waals surface area contributed by atoms with E-state index in [4.69, 9.17) is 9.47 Å². The zero-order valence-corrected chi connectivity index (χ0v) is 18.8. The van der Waals surface area contributed by atoms with Crippen LogP contribution < -0.4 is 15.4 Å². The van der Waals surface area contributed by atoms with Crippen molar-refractivity contribution in [1.82, 2.24) is 4.90 Å². The predicted octanol–water partition coefficient (Wildman–Crippen LogP) is 4.17. The van der Waals surface area contributed by atoms with Crippen LogP contribution in [0.2, 0.25) is 0 Å². The average Bonchev–Trinajstić information content (AvgIpc) is 2.84. The van der Waals surface area contributed by atoms with E-state index in [0.29, 0.717) is 38.5 Å². The van der Waals surface area contributed by atoms with Gasteiger partial charge in [-0.05, 0) is 55.0 Å². The molecular weight excluding hydrogens is 406 g/mol. The maximum absolute atomic E-state index is 12.5. The number of nitrogens with zero attached hydrogens (tertiary/aromatic N) is 1. The van der Waals surface area contributed by atoms with E-state index in [9.17, 15) is 9.59 Å². The first-order chi connectivity index (χ1) is 15.7. The number of rotatable bonds is 11. The SMILES string of the molecule is CCCCCCOc1ccc(NC(=O)CNc2ccc(C(=O)N3CCOCC3)cc2)cc1. The standard InChI is InChI=1S/C25H33N3O4/c1-2-3-4-5-16-32-23-12-10-22(11-13-23)27-24(29)19-26-21-8-6-20(7-9-21)25(30)28-14-17-31-18-15-28/h6-13,26H,2-5,14-19H2,1H3,(H,27,29). The molecule has 32 heavy (non-hydrogen) atoms. The van der Waals surface area contributed by atoms with Gasteiger partial charge in [-0.1, -0.05) is 26.2 Å². The van der Waals surface area contributed by atoms with Crippen molar-refractivity contribution in [3.63, 3.8) is 0 Å². The maximum atomic E-state index is 12.5. The largest absolute Gasteiger partial charge is 0.494 e. The minimum absolute atomic E-state index is 0.00554. The van der Waals surface area contributed by atoms with E-state index in [-0.39, 0.29) is 18.4 Å².